The second kappa shape index (κ2) is 10.8. The molecule has 0 spiro atoms. The van der Waals surface area contributed by atoms with E-state index in [1.807, 2.05) is 13.8 Å². The maximum atomic E-state index is 10.1. The number of carboxylic acids is 1. The Morgan fingerprint density at radius 2 is 1.71 bits per heavy atom. The highest BCUT2D eigenvalue weighted by Gasteiger charge is 2.11. The third-order valence-corrected chi connectivity index (χ3v) is 1.04. The Balaban J connectivity index is -0.000000209. The van der Waals surface area contributed by atoms with Crippen molar-refractivity contribution in [2.45, 2.75) is 33.2 Å². The largest absolute Gasteiger partial charge is 0.480 e. The number of hydrogen-bond acceptors (Lipinski definition) is 3. The molecule has 0 aliphatic carbocycles. The summed E-state index contributed by atoms with van der Waals surface area (Å²) < 4.78 is 0. The molecule has 0 bridgehead atoms. The number of hydrogen-bond donors (Lipinski definition) is 2. The van der Waals surface area contributed by atoms with Gasteiger partial charge in [-0.25, -0.2) is 0 Å². The van der Waals surface area contributed by atoms with Crippen LogP contribution in [0, 0.1) is 5.92 Å². The van der Waals surface area contributed by atoms with Crippen LogP contribution in [-0.4, -0.2) is 22.4 Å². The van der Waals surface area contributed by atoms with Crippen LogP contribution in [0.15, 0.2) is 0 Å². The standard InChI is InChI=1S/C6H13NO2.C2H3ClO.ClH/c1-4(2)3-5(7)6(8)9;1-2(3)4;/h4-5H,3,7H2,1-2H3,(H,8,9);1H3;1H. The van der Waals surface area contributed by atoms with E-state index in [1.165, 1.54) is 6.92 Å². The fraction of sp³-hybridized carbons (Fsp3) is 0.750. The summed E-state index contributed by atoms with van der Waals surface area (Å²) in [6, 6.07) is -0.690. The minimum Gasteiger partial charge on any atom is -0.480 e. The van der Waals surface area contributed by atoms with Crippen LogP contribution in [-0.2, 0) is 9.59 Å². The highest BCUT2D eigenvalue weighted by Crippen LogP contribution is 2.01. The van der Waals surface area contributed by atoms with Gasteiger partial charge in [0.05, 0.1) is 0 Å². The summed E-state index contributed by atoms with van der Waals surface area (Å²) in [5, 5.41) is 7.94. The molecule has 0 aromatic heterocycles. The van der Waals surface area contributed by atoms with Crippen molar-refractivity contribution in [3.8, 4) is 0 Å². The molecule has 14 heavy (non-hydrogen) atoms. The molecule has 0 heterocycles. The molecule has 1 unspecified atom stereocenters. The van der Waals surface area contributed by atoms with E-state index in [-0.39, 0.29) is 17.6 Å². The van der Waals surface area contributed by atoms with E-state index in [1.54, 1.807) is 0 Å². The van der Waals surface area contributed by atoms with Gasteiger partial charge in [-0.15, -0.1) is 12.4 Å². The molecule has 0 aliphatic heterocycles. The zero-order valence-corrected chi connectivity index (χ0v) is 10.1. The van der Waals surface area contributed by atoms with Crippen molar-refractivity contribution in [2.75, 3.05) is 0 Å². The van der Waals surface area contributed by atoms with Crippen molar-refractivity contribution in [3.05, 3.63) is 0 Å². The molecule has 1 atom stereocenters. The number of carboxylic acid groups (broad SMARTS) is 1. The Bertz CT molecular complexity index is 170. The average molecular weight is 246 g/mol. The van der Waals surface area contributed by atoms with Gasteiger partial charge in [-0.05, 0) is 23.9 Å². The highest BCUT2D eigenvalue weighted by atomic mass is 35.5. The van der Waals surface area contributed by atoms with E-state index in [9.17, 15) is 9.59 Å². The summed E-state index contributed by atoms with van der Waals surface area (Å²) in [5.41, 5.74) is 5.22. The van der Waals surface area contributed by atoms with Gasteiger partial charge >= 0.3 is 5.97 Å². The Morgan fingerprint density at radius 1 is 1.43 bits per heavy atom. The molecule has 0 aliphatic rings. The second-order valence-corrected chi connectivity index (χ2v) is 3.58. The normalized spacial score (nSPS) is 10.7. The predicted molar refractivity (Wildman–Crippen MR) is 58.8 cm³/mol. The van der Waals surface area contributed by atoms with E-state index in [2.05, 4.69) is 11.6 Å². The lowest BCUT2D eigenvalue weighted by molar-refractivity contribution is -0.138. The van der Waals surface area contributed by atoms with Gasteiger partial charge in [0.1, 0.15) is 6.04 Å². The first-order valence-corrected chi connectivity index (χ1v) is 4.29. The monoisotopic (exact) mass is 245 g/mol. The van der Waals surface area contributed by atoms with Gasteiger partial charge in [-0.3, -0.25) is 9.59 Å². The number of halogens is 2. The number of carbonyl (C=O) groups excluding carboxylic acids is 1. The highest BCUT2D eigenvalue weighted by molar-refractivity contribution is 6.62. The molecule has 4 nitrogen and oxygen atoms in total. The fourth-order valence-electron chi connectivity index (χ4n) is 0.609. The van der Waals surface area contributed by atoms with Crippen molar-refractivity contribution in [2.24, 2.45) is 11.7 Å². The molecule has 3 N–H and O–H groups in total. The number of aliphatic carboxylic acids is 1. The van der Waals surface area contributed by atoms with Gasteiger partial charge in [-0.1, -0.05) is 13.8 Å². The summed E-state index contributed by atoms with van der Waals surface area (Å²) >= 11 is 4.64. The molecule has 6 heteroatoms. The van der Waals surface area contributed by atoms with Crippen LogP contribution in [0.3, 0.4) is 0 Å². The van der Waals surface area contributed by atoms with Gasteiger partial charge in [0.15, 0.2) is 0 Å². The van der Waals surface area contributed by atoms with Crippen LogP contribution in [0.25, 0.3) is 0 Å². The second-order valence-electron chi connectivity index (χ2n) is 3.04. The van der Waals surface area contributed by atoms with Gasteiger partial charge in [0.25, 0.3) is 0 Å². The van der Waals surface area contributed by atoms with Crippen molar-refractivity contribution in [3.63, 3.8) is 0 Å². The lowest BCUT2D eigenvalue weighted by Gasteiger charge is -2.07. The van der Waals surface area contributed by atoms with Crippen molar-refractivity contribution < 1.29 is 14.7 Å². The Kier molecular flexibility index (Phi) is 14.8. The van der Waals surface area contributed by atoms with Crippen LogP contribution < -0.4 is 5.73 Å². The van der Waals surface area contributed by atoms with Crippen molar-refractivity contribution in [1.82, 2.24) is 0 Å². The van der Waals surface area contributed by atoms with E-state index in [0.29, 0.717) is 12.3 Å². The molecule has 86 valence electrons. The molecule has 0 saturated heterocycles. The van der Waals surface area contributed by atoms with Crippen molar-refractivity contribution >= 4 is 35.2 Å². The first-order valence-electron chi connectivity index (χ1n) is 3.91. The molecular formula is C8H17Cl2NO3. The lowest BCUT2D eigenvalue weighted by atomic mass is 10.1. The molecule has 0 amide bonds. The Labute approximate surface area is 95.2 Å². The number of nitrogens with two attached hydrogens (primary N) is 1. The first kappa shape index (κ1) is 19.3. The van der Waals surface area contributed by atoms with E-state index >= 15 is 0 Å². The third-order valence-electron chi connectivity index (χ3n) is 1.04. The SMILES string of the molecule is CC(=O)Cl.CC(C)CC(N)C(=O)O.Cl. The maximum Gasteiger partial charge on any atom is 0.320 e. The van der Waals surface area contributed by atoms with E-state index < -0.39 is 12.0 Å². The molecule has 0 fully saturated rings. The molecule has 0 saturated carbocycles. The lowest BCUT2D eigenvalue weighted by Crippen LogP contribution is -2.31. The molecule has 0 radical (unpaired) electrons. The minimum atomic E-state index is -0.913. The van der Waals surface area contributed by atoms with Crippen LogP contribution in [0.1, 0.15) is 27.2 Å². The van der Waals surface area contributed by atoms with Crippen LogP contribution in [0.5, 0.6) is 0 Å². The van der Waals surface area contributed by atoms with Crippen LogP contribution >= 0.6 is 24.0 Å². The zero-order chi connectivity index (χ0) is 11.0. The maximum absolute atomic E-state index is 10.1. The first-order chi connectivity index (χ1) is 5.77. The minimum absolute atomic E-state index is 0. The Morgan fingerprint density at radius 3 is 1.79 bits per heavy atom. The van der Waals surface area contributed by atoms with Gasteiger partial charge in [0.2, 0.25) is 5.24 Å². The average Bonchev–Trinajstić information content (AvgIpc) is 1.83. The summed E-state index contributed by atoms with van der Waals surface area (Å²) in [5.74, 6) is -0.556. The van der Waals surface area contributed by atoms with Crippen LogP contribution in [0.2, 0.25) is 0 Å². The topological polar surface area (TPSA) is 80.4 Å². The fourth-order valence-corrected chi connectivity index (χ4v) is 0.609. The van der Waals surface area contributed by atoms with Gasteiger partial charge < -0.3 is 10.8 Å². The summed E-state index contributed by atoms with van der Waals surface area (Å²) in [6.07, 6.45) is 0.551. The Hall–Kier alpha value is -0.320. The summed E-state index contributed by atoms with van der Waals surface area (Å²) in [4.78, 5) is 19.3. The quantitative estimate of drug-likeness (QED) is 0.742. The zero-order valence-electron chi connectivity index (χ0n) is 8.49. The molecule has 0 aromatic carbocycles. The van der Waals surface area contributed by atoms with Gasteiger partial charge in [-0.2, -0.15) is 0 Å². The van der Waals surface area contributed by atoms with E-state index in [4.69, 9.17) is 10.8 Å². The number of rotatable bonds is 3. The smallest absolute Gasteiger partial charge is 0.320 e. The third kappa shape index (κ3) is 22.6. The summed E-state index contributed by atoms with van der Waals surface area (Å²) in [7, 11) is 0. The molecule has 0 aromatic rings. The van der Waals surface area contributed by atoms with E-state index in [0.717, 1.165) is 0 Å². The predicted octanol–water partition coefficient (Wildman–Crippen LogP) is 1.64. The van der Waals surface area contributed by atoms with Crippen LogP contribution in [0.4, 0.5) is 0 Å². The molecular weight excluding hydrogens is 229 g/mol. The summed E-state index contributed by atoms with van der Waals surface area (Å²) in [6.45, 7) is 5.19. The van der Waals surface area contributed by atoms with Gasteiger partial charge in [0, 0.05) is 6.92 Å². The van der Waals surface area contributed by atoms with Crippen molar-refractivity contribution in [1.29, 1.82) is 0 Å². The molecule has 0 rings (SSSR count). The number of carbonyl (C=O) groups is 2.